The fourth-order valence-corrected chi connectivity index (χ4v) is 2.77. The van der Waals surface area contributed by atoms with Crippen LogP contribution in [0.4, 0.5) is 0 Å². The maximum Gasteiger partial charge on any atom is 0.329 e. The van der Waals surface area contributed by atoms with E-state index in [1.807, 2.05) is 0 Å². The number of aryl methyl sites for hydroxylation is 1. The monoisotopic (exact) mass is 312 g/mol. The van der Waals surface area contributed by atoms with E-state index < -0.39 is 17.4 Å². The van der Waals surface area contributed by atoms with Crippen LogP contribution in [0, 0.1) is 0 Å². The van der Waals surface area contributed by atoms with Crippen LogP contribution in [0.25, 0.3) is 11.2 Å². The van der Waals surface area contributed by atoms with Crippen LogP contribution in [0.5, 0.6) is 0 Å². The normalized spacial score (nSPS) is 12.7. The summed E-state index contributed by atoms with van der Waals surface area (Å²) in [6.07, 6.45) is 0.729. The number of hydrogen-bond donors (Lipinski definition) is 3. The largest absolute Gasteiger partial charge is 0.394 e. The van der Waals surface area contributed by atoms with Crippen molar-refractivity contribution in [2.45, 2.75) is 17.8 Å². The number of rotatable bonds is 6. The Kier molecular flexibility index (Phi) is 4.66. The van der Waals surface area contributed by atoms with Gasteiger partial charge in [-0.2, -0.15) is 0 Å². The number of nitrogens with zero attached hydrogens (tertiary/aromatic N) is 3. The van der Waals surface area contributed by atoms with Gasteiger partial charge in [-0.3, -0.25) is 14.3 Å². The molecule has 0 fully saturated rings. The zero-order valence-electron chi connectivity index (χ0n) is 11.4. The molecule has 0 unspecified atom stereocenters. The second kappa shape index (κ2) is 6.29. The van der Waals surface area contributed by atoms with Crippen LogP contribution in [-0.2, 0) is 13.6 Å². The van der Waals surface area contributed by atoms with Crippen LogP contribution in [0.3, 0.4) is 0 Å². The van der Waals surface area contributed by atoms with Crippen LogP contribution < -0.4 is 11.2 Å². The average Bonchev–Trinajstić information content (AvgIpc) is 2.82. The van der Waals surface area contributed by atoms with Gasteiger partial charge in [0.2, 0.25) is 0 Å². The molecule has 2 aromatic heterocycles. The Labute approximate surface area is 123 Å². The lowest BCUT2D eigenvalue weighted by molar-refractivity contribution is 0.113. The van der Waals surface area contributed by atoms with Crippen LogP contribution >= 0.6 is 11.8 Å². The first-order chi connectivity index (χ1) is 9.99. The van der Waals surface area contributed by atoms with Gasteiger partial charge in [-0.1, -0.05) is 17.8 Å². The quantitative estimate of drug-likeness (QED) is 0.468. The lowest BCUT2D eigenvalue weighted by Crippen LogP contribution is -2.29. The average molecular weight is 312 g/mol. The number of aliphatic hydroxyl groups is 2. The van der Waals surface area contributed by atoms with Crippen molar-refractivity contribution < 1.29 is 10.2 Å². The van der Waals surface area contributed by atoms with E-state index in [0.29, 0.717) is 11.7 Å². The highest BCUT2D eigenvalue weighted by atomic mass is 32.2. The van der Waals surface area contributed by atoms with Gasteiger partial charge in [0.15, 0.2) is 16.3 Å². The van der Waals surface area contributed by atoms with Crippen LogP contribution in [0.2, 0.25) is 0 Å². The molecule has 2 heterocycles. The molecule has 9 heteroatoms. The highest BCUT2D eigenvalue weighted by Gasteiger charge is 2.17. The third kappa shape index (κ3) is 2.94. The summed E-state index contributed by atoms with van der Waals surface area (Å²) in [5.74, 6) is 0.225. The van der Waals surface area contributed by atoms with Crippen LogP contribution in [0.15, 0.2) is 27.4 Å². The Morgan fingerprint density at radius 3 is 2.86 bits per heavy atom. The molecule has 2 rings (SSSR count). The van der Waals surface area contributed by atoms with Crippen molar-refractivity contribution in [1.82, 2.24) is 19.1 Å². The molecule has 0 aromatic carbocycles. The lowest BCUT2D eigenvalue weighted by Gasteiger charge is -2.07. The number of hydrogen-bond acceptors (Lipinski definition) is 6. The SMILES string of the molecule is C=CCn1c(SC[C@H](O)CO)nc2c1c(=O)[nH]c(=O)n2C. The van der Waals surface area contributed by atoms with Crippen molar-refractivity contribution >= 4 is 22.9 Å². The molecular formula is C12H16N4O4S. The molecule has 0 saturated carbocycles. The smallest absolute Gasteiger partial charge is 0.329 e. The minimum Gasteiger partial charge on any atom is -0.394 e. The Morgan fingerprint density at radius 1 is 1.52 bits per heavy atom. The number of nitrogens with one attached hydrogen (secondary N) is 1. The molecule has 3 N–H and O–H groups in total. The molecule has 1 atom stereocenters. The first-order valence-corrected chi connectivity index (χ1v) is 7.20. The molecule has 0 aliphatic rings. The molecule has 2 aromatic rings. The van der Waals surface area contributed by atoms with Gasteiger partial charge in [0.05, 0.1) is 12.7 Å². The number of aliphatic hydroxyl groups excluding tert-OH is 2. The van der Waals surface area contributed by atoms with Gasteiger partial charge in [-0.25, -0.2) is 9.78 Å². The van der Waals surface area contributed by atoms with E-state index in [9.17, 15) is 14.7 Å². The molecule has 0 amide bonds. The Bertz CT molecular complexity index is 776. The van der Waals surface area contributed by atoms with E-state index >= 15 is 0 Å². The van der Waals surface area contributed by atoms with E-state index in [1.54, 1.807) is 10.6 Å². The van der Waals surface area contributed by atoms with Crippen LogP contribution in [0.1, 0.15) is 0 Å². The molecule has 0 spiro atoms. The van der Waals surface area contributed by atoms with Crippen molar-refractivity contribution in [2.24, 2.45) is 7.05 Å². The van der Waals surface area contributed by atoms with Gasteiger partial charge < -0.3 is 14.8 Å². The summed E-state index contributed by atoms with van der Waals surface area (Å²) in [7, 11) is 1.52. The molecule has 0 saturated heterocycles. The van der Waals surface area contributed by atoms with Gasteiger partial charge in [0.1, 0.15) is 0 Å². The number of imidazole rings is 1. The van der Waals surface area contributed by atoms with Crippen molar-refractivity contribution in [3.05, 3.63) is 33.5 Å². The first kappa shape index (κ1) is 15.5. The summed E-state index contributed by atoms with van der Waals surface area (Å²) in [5, 5.41) is 18.7. The first-order valence-electron chi connectivity index (χ1n) is 6.21. The van der Waals surface area contributed by atoms with Crippen molar-refractivity contribution in [3.8, 4) is 0 Å². The van der Waals surface area contributed by atoms with Crippen molar-refractivity contribution in [1.29, 1.82) is 0 Å². The molecule has 0 bridgehead atoms. The van der Waals surface area contributed by atoms with Crippen molar-refractivity contribution in [2.75, 3.05) is 12.4 Å². The number of allylic oxidation sites excluding steroid dienone is 1. The minimum atomic E-state index is -0.880. The number of fused-ring (bicyclic) bond motifs is 1. The second-order valence-electron chi connectivity index (χ2n) is 4.43. The van der Waals surface area contributed by atoms with Crippen molar-refractivity contribution in [3.63, 3.8) is 0 Å². The van der Waals surface area contributed by atoms with E-state index in [-0.39, 0.29) is 23.5 Å². The summed E-state index contributed by atoms with van der Waals surface area (Å²) in [4.78, 5) is 30.1. The molecule has 114 valence electrons. The van der Waals surface area contributed by atoms with Crippen LogP contribution in [-0.4, -0.2) is 47.8 Å². The number of H-pyrrole nitrogens is 1. The second-order valence-corrected chi connectivity index (χ2v) is 5.42. The molecule has 0 radical (unpaired) electrons. The number of thioether (sulfide) groups is 1. The topological polar surface area (TPSA) is 113 Å². The highest BCUT2D eigenvalue weighted by molar-refractivity contribution is 7.99. The lowest BCUT2D eigenvalue weighted by atomic mass is 10.4. The van der Waals surface area contributed by atoms with Gasteiger partial charge in [-0.05, 0) is 0 Å². The number of aromatic nitrogens is 4. The van der Waals surface area contributed by atoms with Gasteiger partial charge in [-0.15, -0.1) is 6.58 Å². The standard InChI is InChI=1S/C12H16N4O4S/c1-3-4-16-8-9(15(2)11(20)14-10(8)19)13-12(16)21-6-7(18)5-17/h3,7,17-18H,1,4-6H2,2H3,(H,14,19,20)/t7-/m1/s1. The summed E-state index contributed by atoms with van der Waals surface area (Å²) < 4.78 is 2.87. The third-order valence-corrected chi connectivity index (χ3v) is 4.02. The predicted molar refractivity (Wildman–Crippen MR) is 79.6 cm³/mol. The molecule has 8 nitrogen and oxygen atoms in total. The van der Waals surface area contributed by atoms with Gasteiger partial charge in [0.25, 0.3) is 5.56 Å². The van der Waals surface area contributed by atoms with Gasteiger partial charge in [0, 0.05) is 19.3 Å². The Balaban J connectivity index is 2.59. The van der Waals surface area contributed by atoms with E-state index in [0.717, 1.165) is 0 Å². The maximum absolute atomic E-state index is 12.0. The summed E-state index contributed by atoms with van der Waals surface area (Å²) in [6.45, 7) is 3.63. The predicted octanol–water partition coefficient (Wildman–Crippen LogP) is -0.945. The molecule has 21 heavy (non-hydrogen) atoms. The zero-order valence-corrected chi connectivity index (χ0v) is 12.3. The van der Waals surface area contributed by atoms with Gasteiger partial charge >= 0.3 is 5.69 Å². The molecule has 0 aliphatic carbocycles. The zero-order chi connectivity index (χ0) is 15.6. The fourth-order valence-electron chi connectivity index (χ4n) is 1.85. The Hall–Kier alpha value is -1.84. The van der Waals surface area contributed by atoms with E-state index in [2.05, 4.69) is 16.5 Å². The van der Waals surface area contributed by atoms with E-state index in [1.165, 1.54) is 23.4 Å². The third-order valence-electron chi connectivity index (χ3n) is 2.90. The summed E-state index contributed by atoms with van der Waals surface area (Å²) in [5.41, 5.74) is -0.510. The Morgan fingerprint density at radius 2 is 2.24 bits per heavy atom. The molecule has 0 aliphatic heterocycles. The summed E-state index contributed by atoms with van der Waals surface area (Å²) >= 11 is 1.19. The highest BCUT2D eigenvalue weighted by Crippen LogP contribution is 2.22. The number of aromatic amines is 1. The summed E-state index contributed by atoms with van der Waals surface area (Å²) in [6, 6.07) is 0. The maximum atomic E-state index is 12.0. The fraction of sp³-hybridized carbons (Fsp3) is 0.417. The molecular weight excluding hydrogens is 296 g/mol. The van der Waals surface area contributed by atoms with E-state index in [4.69, 9.17) is 5.11 Å². The minimum absolute atomic E-state index is 0.225.